The van der Waals surface area contributed by atoms with E-state index >= 15 is 0 Å². The van der Waals surface area contributed by atoms with E-state index < -0.39 is 24.7 Å². The van der Waals surface area contributed by atoms with Gasteiger partial charge < -0.3 is 4.74 Å². The molecule has 0 radical (unpaired) electrons. The van der Waals surface area contributed by atoms with Crippen molar-refractivity contribution in [1.82, 2.24) is 0 Å². The van der Waals surface area contributed by atoms with Crippen molar-refractivity contribution in [3.8, 4) is 0 Å². The van der Waals surface area contributed by atoms with Crippen molar-refractivity contribution < 1.29 is 31.5 Å². The van der Waals surface area contributed by atoms with Crippen molar-refractivity contribution in [2.24, 2.45) is 0 Å². The second kappa shape index (κ2) is 10.2. The first-order chi connectivity index (χ1) is 14.5. The molecule has 0 aliphatic rings. The molecule has 7 heteroatoms. The zero-order valence-corrected chi connectivity index (χ0v) is 16.9. The number of esters is 1. The summed E-state index contributed by atoms with van der Waals surface area (Å²) in [7, 11) is 0. The van der Waals surface area contributed by atoms with E-state index in [1.807, 2.05) is 60.7 Å². The second-order valence-corrected chi connectivity index (χ2v) is 6.80. The Kier molecular flexibility index (Phi) is 7.91. The largest absolute Gasteiger partial charge is 0.456 e. The van der Waals surface area contributed by atoms with Crippen LogP contribution < -0.4 is 0 Å². The topological polar surface area (TPSA) is 26.3 Å². The molecule has 2 rings (SSSR count). The fourth-order valence-corrected chi connectivity index (χ4v) is 2.51. The molecule has 31 heavy (non-hydrogen) atoms. The van der Waals surface area contributed by atoms with Gasteiger partial charge in [-0.25, -0.2) is 4.79 Å². The number of carbonyl (C=O) groups excluding carboxylic acids is 1. The predicted molar refractivity (Wildman–Crippen MR) is 110 cm³/mol. The maximum Gasteiger partial charge on any atom is 0.456 e. The van der Waals surface area contributed by atoms with Gasteiger partial charge in [-0.2, -0.15) is 22.0 Å². The Morgan fingerprint density at radius 1 is 0.903 bits per heavy atom. The Labute approximate surface area is 177 Å². The van der Waals surface area contributed by atoms with E-state index in [9.17, 15) is 26.7 Å². The third-order valence-electron chi connectivity index (χ3n) is 4.39. The summed E-state index contributed by atoms with van der Waals surface area (Å²) in [4.78, 5) is 12.2. The fraction of sp³-hybridized carbons (Fsp3) is 0.208. The number of allylic oxidation sites excluding steroid dienone is 4. The van der Waals surface area contributed by atoms with E-state index in [0.717, 1.165) is 16.7 Å². The van der Waals surface area contributed by atoms with Crippen LogP contribution in [0.15, 0.2) is 84.0 Å². The normalized spacial score (nSPS) is 13.8. The third kappa shape index (κ3) is 6.91. The number of ether oxygens (including phenoxy) is 1. The van der Waals surface area contributed by atoms with Crippen LogP contribution in [0.25, 0.3) is 11.6 Å². The summed E-state index contributed by atoms with van der Waals surface area (Å²) in [6.45, 7) is 1.03. The summed E-state index contributed by atoms with van der Waals surface area (Å²) < 4.78 is 67.5. The Morgan fingerprint density at radius 2 is 1.45 bits per heavy atom. The molecule has 0 atom stereocenters. The van der Waals surface area contributed by atoms with E-state index in [1.165, 1.54) is 6.92 Å². The summed E-state index contributed by atoms with van der Waals surface area (Å²) >= 11 is 0. The van der Waals surface area contributed by atoms with Crippen LogP contribution in [0.1, 0.15) is 25.0 Å². The van der Waals surface area contributed by atoms with Crippen molar-refractivity contribution in [1.29, 1.82) is 0 Å². The van der Waals surface area contributed by atoms with Gasteiger partial charge in [0.1, 0.15) is 0 Å². The molecular formula is C24H21F5O2. The van der Waals surface area contributed by atoms with Gasteiger partial charge in [-0.1, -0.05) is 78.9 Å². The van der Waals surface area contributed by atoms with Crippen LogP contribution in [-0.2, 0) is 9.53 Å². The zero-order chi connectivity index (χ0) is 23.1. The van der Waals surface area contributed by atoms with Gasteiger partial charge in [0.05, 0.1) is 0 Å². The van der Waals surface area contributed by atoms with E-state index in [4.69, 9.17) is 0 Å². The summed E-state index contributed by atoms with van der Waals surface area (Å²) in [5.74, 6) is -6.38. The van der Waals surface area contributed by atoms with E-state index in [1.54, 1.807) is 25.2 Å². The lowest BCUT2D eigenvalue weighted by Gasteiger charge is -2.19. The standard InChI is InChI=1S/C24H21F5O2/c1-17(20-11-7-4-8-12-20)15-21(14-13-19-9-5-3-6-10-19)18(2)22(30)31-16-23(25,26)24(27,28)29/h3-15H,16H2,1-2H3. The minimum atomic E-state index is -5.80. The number of hydrogen-bond acceptors (Lipinski definition) is 2. The van der Waals surface area contributed by atoms with E-state index in [2.05, 4.69) is 4.74 Å². The number of alkyl halides is 5. The van der Waals surface area contributed by atoms with Crippen LogP contribution >= 0.6 is 0 Å². The Balaban J connectivity index is 2.36. The lowest BCUT2D eigenvalue weighted by atomic mass is 10.0. The molecule has 0 saturated heterocycles. The maximum atomic E-state index is 13.1. The van der Waals surface area contributed by atoms with Crippen LogP contribution in [0, 0.1) is 0 Å². The first-order valence-electron chi connectivity index (χ1n) is 9.30. The number of hydrogen-bond donors (Lipinski definition) is 0. The van der Waals surface area contributed by atoms with Crippen molar-refractivity contribution in [2.75, 3.05) is 6.61 Å². The Hall–Kier alpha value is -3.22. The average Bonchev–Trinajstić information content (AvgIpc) is 2.74. The monoisotopic (exact) mass is 436 g/mol. The van der Waals surface area contributed by atoms with Gasteiger partial charge in [-0.05, 0) is 36.1 Å². The summed E-state index contributed by atoms with van der Waals surface area (Å²) in [6.07, 6.45) is -0.872. The molecule has 164 valence electrons. The summed E-state index contributed by atoms with van der Waals surface area (Å²) in [5, 5.41) is 0. The van der Waals surface area contributed by atoms with Crippen molar-refractivity contribution in [3.05, 3.63) is 95.1 Å². The van der Waals surface area contributed by atoms with E-state index in [0.29, 0.717) is 5.57 Å². The van der Waals surface area contributed by atoms with Gasteiger partial charge in [0.15, 0.2) is 6.61 Å². The smallest absolute Gasteiger partial charge is 0.456 e. The molecule has 0 bridgehead atoms. The highest BCUT2D eigenvalue weighted by atomic mass is 19.4. The molecule has 2 aromatic carbocycles. The van der Waals surface area contributed by atoms with Gasteiger partial charge in [-0.3, -0.25) is 0 Å². The van der Waals surface area contributed by atoms with Crippen LogP contribution in [0.4, 0.5) is 22.0 Å². The lowest BCUT2D eigenvalue weighted by molar-refractivity contribution is -0.293. The summed E-state index contributed by atoms with van der Waals surface area (Å²) in [6, 6.07) is 18.3. The van der Waals surface area contributed by atoms with Crippen LogP contribution in [0.2, 0.25) is 0 Å². The molecule has 0 unspecified atom stereocenters. The molecule has 0 heterocycles. The number of halogens is 5. The minimum absolute atomic E-state index is 0.0968. The highest BCUT2D eigenvalue weighted by molar-refractivity contribution is 5.91. The van der Waals surface area contributed by atoms with Crippen LogP contribution in [-0.4, -0.2) is 24.7 Å². The molecule has 0 spiro atoms. The quantitative estimate of drug-likeness (QED) is 0.205. The van der Waals surface area contributed by atoms with Gasteiger partial charge >= 0.3 is 18.1 Å². The van der Waals surface area contributed by atoms with Gasteiger partial charge in [0, 0.05) is 5.57 Å². The maximum absolute atomic E-state index is 13.1. The number of carbonyl (C=O) groups is 1. The minimum Gasteiger partial charge on any atom is -0.456 e. The Morgan fingerprint density at radius 3 is 2.00 bits per heavy atom. The molecule has 2 nitrogen and oxygen atoms in total. The third-order valence-corrected chi connectivity index (χ3v) is 4.39. The lowest BCUT2D eigenvalue weighted by Crippen LogP contribution is -2.41. The van der Waals surface area contributed by atoms with Crippen LogP contribution in [0.3, 0.4) is 0 Å². The number of rotatable bonds is 7. The molecule has 0 fully saturated rings. The number of benzene rings is 2. The summed E-state index contributed by atoms with van der Waals surface area (Å²) in [5.41, 5.74) is 2.67. The molecule has 0 amide bonds. The van der Waals surface area contributed by atoms with Crippen LogP contribution in [0.5, 0.6) is 0 Å². The van der Waals surface area contributed by atoms with Gasteiger partial charge in [0.2, 0.25) is 0 Å². The SMILES string of the molecule is CC(=CC(C=Cc1ccccc1)=C(C)C(=O)OCC(F)(F)C(F)(F)F)c1ccccc1. The fourth-order valence-electron chi connectivity index (χ4n) is 2.51. The molecule has 0 aliphatic heterocycles. The molecule has 0 aliphatic carbocycles. The average molecular weight is 436 g/mol. The predicted octanol–water partition coefficient (Wildman–Crippen LogP) is 6.86. The zero-order valence-electron chi connectivity index (χ0n) is 16.9. The van der Waals surface area contributed by atoms with Gasteiger partial charge in [0.25, 0.3) is 0 Å². The second-order valence-electron chi connectivity index (χ2n) is 6.80. The highest BCUT2D eigenvalue weighted by Crippen LogP contribution is 2.35. The molecule has 2 aromatic rings. The van der Waals surface area contributed by atoms with Crippen molar-refractivity contribution in [2.45, 2.75) is 25.9 Å². The first-order valence-corrected chi connectivity index (χ1v) is 9.30. The molecule has 0 saturated carbocycles. The van der Waals surface area contributed by atoms with E-state index in [-0.39, 0.29) is 5.57 Å². The van der Waals surface area contributed by atoms with Crippen molar-refractivity contribution >= 4 is 17.6 Å². The van der Waals surface area contributed by atoms with Crippen molar-refractivity contribution in [3.63, 3.8) is 0 Å². The molecular weight excluding hydrogens is 415 g/mol. The highest BCUT2D eigenvalue weighted by Gasteiger charge is 2.58. The first kappa shape index (κ1) is 24.1. The Bertz CT molecular complexity index is 972. The molecule has 0 N–H and O–H groups in total. The molecule has 0 aromatic heterocycles. The van der Waals surface area contributed by atoms with Gasteiger partial charge in [-0.15, -0.1) is 0 Å².